The Morgan fingerprint density at radius 1 is 1.35 bits per heavy atom. The molecule has 0 fully saturated rings. The summed E-state index contributed by atoms with van der Waals surface area (Å²) in [5.41, 5.74) is 1.13. The number of aromatic nitrogens is 2. The summed E-state index contributed by atoms with van der Waals surface area (Å²) in [6.07, 6.45) is 0.974. The molecule has 0 aliphatic heterocycles. The molecule has 1 aromatic heterocycles. The largest absolute Gasteiger partial charge is 0.497 e. The third-order valence-electron chi connectivity index (χ3n) is 2.73. The Kier molecular flexibility index (Phi) is 5.37. The van der Waals surface area contributed by atoms with Crippen LogP contribution >= 0.6 is 27.3 Å². The van der Waals surface area contributed by atoms with E-state index in [2.05, 4.69) is 45.3 Å². The van der Waals surface area contributed by atoms with E-state index in [1.54, 1.807) is 18.4 Å². The van der Waals surface area contributed by atoms with Crippen molar-refractivity contribution in [2.75, 3.05) is 12.4 Å². The van der Waals surface area contributed by atoms with Gasteiger partial charge in [-0.15, -0.1) is 10.2 Å². The monoisotopic (exact) mass is 355 g/mol. The van der Waals surface area contributed by atoms with Crippen molar-refractivity contribution in [1.29, 1.82) is 0 Å². The zero-order valence-electron chi connectivity index (χ0n) is 11.8. The summed E-state index contributed by atoms with van der Waals surface area (Å²) in [6.45, 7) is 5.05. The van der Waals surface area contributed by atoms with E-state index in [0.717, 1.165) is 32.3 Å². The highest BCUT2D eigenvalue weighted by Crippen LogP contribution is 2.24. The van der Waals surface area contributed by atoms with Crippen molar-refractivity contribution in [1.82, 2.24) is 10.2 Å². The number of anilines is 1. The van der Waals surface area contributed by atoms with Gasteiger partial charge < -0.3 is 10.1 Å². The minimum absolute atomic E-state index is 0.600. The number of nitrogens with one attached hydrogen (secondary N) is 1. The smallest absolute Gasteiger partial charge is 0.205 e. The molecular formula is C14H18BrN3OS. The zero-order valence-corrected chi connectivity index (χ0v) is 14.2. The van der Waals surface area contributed by atoms with E-state index in [-0.39, 0.29) is 0 Å². The van der Waals surface area contributed by atoms with Crippen LogP contribution in [0.5, 0.6) is 5.75 Å². The van der Waals surface area contributed by atoms with Crippen LogP contribution in [0.3, 0.4) is 0 Å². The summed E-state index contributed by atoms with van der Waals surface area (Å²) < 4.78 is 6.29. The van der Waals surface area contributed by atoms with Gasteiger partial charge in [-0.1, -0.05) is 41.1 Å². The molecule has 1 heterocycles. The first kappa shape index (κ1) is 15.3. The fourth-order valence-corrected chi connectivity index (χ4v) is 3.08. The number of rotatable bonds is 6. The molecule has 0 unspecified atom stereocenters. The lowest BCUT2D eigenvalue weighted by atomic mass is 10.1. The highest BCUT2D eigenvalue weighted by molar-refractivity contribution is 9.10. The van der Waals surface area contributed by atoms with E-state index in [9.17, 15) is 0 Å². The van der Waals surface area contributed by atoms with Crippen LogP contribution in [0.1, 0.15) is 24.4 Å². The maximum absolute atomic E-state index is 5.24. The quantitative estimate of drug-likeness (QED) is 0.846. The fourth-order valence-electron chi connectivity index (χ4n) is 1.74. The molecule has 6 heteroatoms. The SMILES string of the molecule is COc1ccc(Br)c(CNc2nnc(CC(C)C)s2)c1. The minimum Gasteiger partial charge on any atom is -0.497 e. The molecule has 0 saturated carbocycles. The first-order chi connectivity index (χ1) is 9.58. The van der Waals surface area contributed by atoms with E-state index < -0.39 is 0 Å². The maximum atomic E-state index is 5.24. The zero-order chi connectivity index (χ0) is 14.5. The van der Waals surface area contributed by atoms with Crippen LogP contribution in [0.25, 0.3) is 0 Å². The first-order valence-electron chi connectivity index (χ1n) is 6.47. The van der Waals surface area contributed by atoms with Crippen molar-refractivity contribution < 1.29 is 4.74 Å². The Bertz CT molecular complexity index is 571. The molecule has 0 aliphatic rings. The molecule has 108 valence electrons. The summed E-state index contributed by atoms with van der Waals surface area (Å²) in [7, 11) is 1.67. The molecule has 0 saturated heterocycles. The molecule has 0 bridgehead atoms. The highest BCUT2D eigenvalue weighted by atomic mass is 79.9. The molecule has 2 aromatic rings. The number of benzene rings is 1. The summed E-state index contributed by atoms with van der Waals surface area (Å²) >= 11 is 5.16. The van der Waals surface area contributed by atoms with E-state index >= 15 is 0 Å². The lowest BCUT2D eigenvalue weighted by Crippen LogP contribution is -2.00. The van der Waals surface area contributed by atoms with Crippen LogP contribution in [0, 0.1) is 5.92 Å². The molecule has 4 nitrogen and oxygen atoms in total. The molecule has 1 N–H and O–H groups in total. The van der Waals surface area contributed by atoms with Gasteiger partial charge in [0.05, 0.1) is 7.11 Å². The normalized spacial score (nSPS) is 10.8. The Morgan fingerprint density at radius 3 is 2.85 bits per heavy atom. The van der Waals surface area contributed by atoms with Crippen molar-refractivity contribution in [2.45, 2.75) is 26.8 Å². The fraction of sp³-hybridized carbons (Fsp3) is 0.429. The predicted molar refractivity (Wildman–Crippen MR) is 86.5 cm³/mol. The third-order valence-corrected chi connectivity index (χ3v) is 4.41. The number of hydrogen-bond acceptors (Lipinski definition) is 5. The van der Waals surface area contributed by atoms with Gasteiger partial charge in [0.2, 0.25) is 5.13 Å². The molecule has 0 amide bonds. The Balaban J connectivity index is 1.99. The average molecular weight is 356 g/mol. The summed E-state index contributed by atoms with van der Waals surface area (Å²) in [4.78, 5) is 0. The number of ether oxygens (including phenoxy) is 1. The summed E-state index contributed by atoms with van der Waals surface area (Å²) in [5, 5.41) is 13.6. The van der Waals surface area contributed by atoms with Crippen LogP contribution in [-0.2, 0) is 13.0 Å². The lowest BCUT2D eigenvalue weighted by Gasteiger charge is -2.07. The first-order valence-corrected chi connectivity index (χ1v) is 8.08. The number of hydrogen-bond donors (Lipinski definition) is 1. The van der Waals surface area contributed by atoms with Gasteiger partial charge in [0.15, 0.2) is 0 Å². The number of methoxy groups -OCH3 is 1. The Morgan fingerprint density at radius 2 is 2.15 bits per heavy atom. The molecule has 0 aliphatic carbocycles. The number of nitrogens with zero attached hydrogens (tertiary/aromatic N) is 2. The second-order valence-electron chi connectivity index (χ2n) is 4.91. The van der Waals surface area contributed by atoms with Crippen LogP contribution in [-0.4, -0.2) is 17.3 Å². The average Bonchev–Trinajstić information content (AvgIpc) is 2.84. The maximum Gasteiger partial charge on any atom is 0.205 e. The minimum atomic E-state index is 0.600. The van der Waals surface area contributed by atoms with Gasteiger partial charge in [0.25, 0.3) is 0 Å². The van der Waals surface area contributed by atoms with Gasteiger partial charge in [-0.05, 0) is 29.7 Å². The third kappa shape index (κ3) is 4.18. The van der Waals surface area contributed by atoms with E-state index in [1.807, 2.05) is 18.2 Å². The molecule has 2 rings (SSSR count). The van der Waals surface area contributed by atoms with Crippen molar-refractivity contribution in [3.05, 3.63) is 33.2 Å². The predicted octanol–water partition coefficient (Wildman–Crippen LogP) is 4.12. The van der Waals surface area contributed by atoms with Gasteiger partial charge in [0.1, 0.15) is 10.8 Å². The van der Waals surface area contributed by atoms with Crippen LogP contribution in [0.15, 0.2) is 22.7 Å². The van der Waals surface area contributed by atoms with E-state index in [0.29, 0.717) is 12.5 Å². The Labute approximate surface area is 131 Å². The summed E-state index contributed by atoms with van der Waals surface area (Å²) in [6, 6.07) is 5.92. The number of halogens is 1. The highest BCUT2D eigenvalue weighted by Gasteiger charge is 2.07. The topological polar surface area (TPSA) is 47.0 Å². The second kappa shape index (κ2) is 7.04. The Hall–Kier alpha value is -1.14. The van der Waals surface area contributed by atoms with Gasteiger partial charge >= 0.3 is 0 Å². The summed E-state index contributed by atoms with van der Waals surface area (Å²) in [5.74, 6) is 1.45. The van der Waals surface area contributed by atoms with Gasteiger partial charge in [-0.2, -0.15) is 0 Å². The van der Waals surface area contributed by atoms with Crippen molar-refractivity contribution >= 4 is 32.4 Å². The van der Waals surface area contributed by atoms with Crippen LogP contribution in [0.4, 0.5) is 5.13 Å². The molecule has 1 aromatic carbocycles. The van der Waals surface area contributed by atoms with Crippen LogP contribution < -0.4 is 10.1 Å². The van der Waals surface area contributed by atoms with Gasteiger partial charge in [0, 0.05) is 17.4 Å². The van der Waals surface area contributed by atoms with Crippen molar-refractivity contribution in [2.24, 2.45) is 5.92 Å². The lowest BCUT2D eigenvalue weighted by molar-refractivity contribution is 0.414. The van der Waals surface area contributed by atoms with Crippen molar-refractivity contribution in [3.63, 3.8) is 0 Å². The van der Waals surface area contributed by atoms with Crippen LogP contribution in [0.2, 0.25) is 0 Å². The van der Waals surface area contributed by atoms with E-state index in [1.165, 1.54) is 0 Å². The molecule has 0 atom stereocenters. The van der Waals surface area contributed by atoms with Gasteiger partial charge in [-0.3, -0.25) is 0 Å². The van der Waals surface area contributed by atoms with Gasteiger partial charge in [-0.25, -0.2) is 0 Å². The second-order valence-corrected chi connectivity index (χ2v) is 6.83. The standard InChI is InChI=1S/C14H18BrN3OS/c1-9(2)6-13-17-18-14(20-13)16-8-10-7-11(19-3)4-5-12(10)15/h4-5,7,9H,6,8H2,1-3H3,(H,16,18). The molecule has 0 radical (unpaired) electrons. The van der Waals surface area contributed by atoms with Crippen molar-refractivity contribution in [3.8, 4) is 5.75 Å². The molecule has 0 spiro atoms. The molecular weight excluding hydrogens is 338 g/mol. The van der Waals surface area contributed by atoms with E-state index in [4.69, 9.17) is 4.74 Å². The molecule has 20 heavy (non-hydrogen) atoms.